The van der Waals surface area contributed by atoms with E-state index in [2.05, 4.69) is 0 Å². The summed E-state index contributed by atoms with van der Waals surface area (Å²) < 4.78 is 19.1. The smallest absolute Gasteiger partial charge is 0.170 e. The zero-order chi connectivity index (χ0) is 12.8. The first-order chi connectivity index (χ1) is 8.56. The van der Waals surface area contributed by atoms with E-state index < -0.39 is 5.60 Å². The van der Waals surface area contributed by atoms with Gasteiger partial charge in [-0.3, -0.25) is 4.79 Å². The van der Waals surface area contributed by atoms with Crippen LogP contribution in [0.3, 0.4) is 0 Å². The van der Waals surface area contributed by atoms with Crippen LogP contribution in [0.25, 0.3) is 0 Å². The van der Waals surface area contributed by atoms with Gasteiger partial charge >= 0.3 is 0 Å². The molecule has 0 N–H and O–H groups in total. The van der Waals surface area contributed by atoms with E-state index in [0.29, 0.717) is 23.7 Å². The number of ether oxygens (including phenoxy) is 1. The summed E-state index contributed by atoms with van der Waals surface area (Å²) in [4.78, 5) is 12.1. The Hall–Kier alpha value is -1.38. The molecule has 1 fully saturated rings. The van der Waals surface area contributed by atoms with Gasteiger partial charge in [-0.15, -0.1) is 0 Å². The topological polar surface area (TPSA) is 26.3 Å². The highest BCUT2D eigenvalue weighted by Gasteiger charge is 2.39. The highest BCUT2D eigenvalue weighted by Crippen LogP contribution is 2.41. The standard InChI is InChI=1S/C15H17FO2/c1-15(8-10-3-2-4-10)9-13(17)12-6-5-11(16)7-14(12)18-15/h5-7,10H,2-4,8-9H2,1H3. The van der Waals surface area contributed by atoms with Crippen LogP contribution in [0.2, 0.25) is 0 Å². The fraction of sp³-hybridized carbons (Fsp3) is 0.533. The zero-order valence-corrected chi connectivity index (χ0v) is 10.5. The van der Waals surface area contributed by atoms with Crippen molar-refractivity contribution in [2.45, 2.75) is 44.6 Å². The molecule has 0 aromatic heterocycles. The quantitative estimate of drug-likeness (QED) is 0.797. The Balaban J connectivity index is 1.86. The van der Waals surface area contributed by atoms with Gasteiger partial charge in [0.2, 0.25) is 0 Å². The van der Waals surface area contributed by atoms with E-state index in [-0.39, 0.29) is 11.6 Å². The molecule has 3 heteroatoms. The molecule has 1 unspecified atom stereocenters. The average molecular weight is 248 g/mol. The number of hydrogen-bond donors (Lipinski definition) is 0. The van der Waals surface area contributed by atoms with Crippen molar-refractivity contribution >= 4 is 5.78 Å². The molecular formula is C15H17FO2. The lowest BCUT2D eigenvalue weighted by atomic mass is 9.75. The summed E-state index contributed by atoms with van der Waals surface area (Å²) in [5.74, 6) is 0.790. The van der Waals surface area contributed by atoms with E-state index in [9.17, 15) is 9.18 Å². The number of rotatable bonds is 2. The van der Waals surface area contributed by atoms with Crippen molar-refractivity contribution in [2.75, 3.05) is 0 Å². The van der Waals surface area contributed by atoms with E-state index in [1.807, 2.05) is 6.92 Å². The van der Waals surface area contributed by atoms with Crippen molar-refractivity contribution in [3.8, 4) is 5.75 Å². The molecule has 2 aliphatic rings. The summed E-state index contributed by atoms with van der Waals surface area (Å²) >= 11 is 0. The molecule has 0 radical (unpaired) electrons. The van der Waals surface area contributed by atoms with Gasteiger partial charge in [0.25, 0.3) is 0 Å². The fourth-order valence-corrected chi connectivity index (χ4v) is 2.97. The van der Waals surface area contributed by atoms with Gasteiger partial charge < -0.3 is 4.74 Å². The Morgan fingerprint density at radius 3 is 2.89 bits per heavy atom. The van der Waals surface area contributed by atoms with Crippen molar-refractivity contribution < 1.29 is 13.9 Å². The average Bonchev–Trinajstić information content (AvgIpc) is 2.23. The minimum atomic E-state index is -0.455. The zero-order valence-electron chi connectivity index (χ0n) is 10.5. The van der Waals surface area contributed by atoms with Gasteiger partial charge in [0.05, 0.1) is 12.0 Å². The molecule has 2 nitrogen and oxygen atoms in total. The third kappa shape index (κ3) is 2.02. The molecule has 96 valence electrons. The molecule has 1 aliphatic carbocycles. The van der Waals surface area contributed by atoms with Gasteiger partial charge in [0.15, 0.2) is 5.78 Å². The first-order valence-corrected chi connectivity index (χ1v) is 6.57. The van der Waals surface area contributed by atoms with E-state index in [1.165, 1.54) is 37.5 Å². The maximum atomic E-state index is 13.2. The molecule has 3 rings (SSSR count). The summed E-state index contributed by atoms with van der Waals surface area (Å²) in [5.41, 5.74) is 0.0608. The molecule has 1 aromatic carbocycles. The van der Waals surface area contributed by atoms with Crippen LogP contribution >= 0.6 is 0 Å². The van der Waals surface area contributed by atoms with Crippen LogP contribution in [0.5, 0.6) is 5.75 Å². The largest absolute Gasteiger partial charge is 0.486 e. The molecule has 18 heavy (non-hydrogen) atoms. The summed E-state index contributed by atoms with van der Waals surface area (Å²) in [6.45, 7) is 1.97. The normalized spacial score (nSPS) is 27.3. The summed E-state index contributed by atoms with van der Waals surface area (Å²) in [6.07, 6.45) is 5.03. The third-order valence-electron chi connectivity index (χ3n) is 4.08. The highest BCUT2D eigenvalue weighted by molar-refractivity contribution is 6.00. The van der Waals surface area contributed by atoms with Gasteiger partial charge in [-0.2, -0.15) is 0 Å². The van der Waals surface area contributed by atoms with Gasteiger partial charge in [0.1, 0.15) is 17.2 Å². The Morgan fingerprint density at radius 2 is 2.22 bits per heavy atom. The number of fused-ring (bicyclic) bond motifs is 1. The lowest BCUT2D eigenvalue weighted by molar-refractivity contribution is 0.0256. The monoisotopic (exact) mass is 248 g/mol. The molecule has 0 amide bonds. The van der Waals surface area contributed by atoms with Crippen molar-refractivity contribution in [3.05, 3.63) is 29.6 Å². The maximum Gasteiger partial charge on any atom is 0.170 e. The Morgan fingerprint density at radius 1 is 1.44 bits per heavy atom. The van der Waals surface area contributed by atoms with Crippen molar-refractivity contribution in [1.82, 2.24) is 0 Å². The van der Waals surface area contributed by atoms with Crippen LogP contribution in [0.4, 0.5) is 4.39 Å². The number of benzene rings is 1. The SMILES string of the molecule is CC1(CC2CCC2)CC(=O)c2ccc(F)cc2O1. The molecule has 1 atom stereocenters. The molecule has 0 bridgehead atoms. The number of hydrogen-bond acceptors (Lipinski definition) is 2. The fourth-order valence-electron chi connectivity index (χ4n) is 2.97. The molecular weight excluding hydrogens is 231 g/mol. The Bertz CT molecular complexity index is 493. The van der Waals surface area contributed by atoms with Crippen LogP contribution < -0.4 is 4.74 Å². The molecule has 1 aliphatic heterocycles. The van der Waals surface area contributed by atoms with Crippen molar-refractivity contribution in [3.63, 3.8) is 0 Å². The van der Waals surface area contributed by atoms with Crippen LogP contribution in [0.1, 0.15) is 49.4 Å². The van der Waals surface area contributed by atoms with Crippen LogP contribution in [-0.2, 0) is 0 Å². The molecule has 1 aromatic rings. The predicted octanol–water partition coefficient (Wildman–Crippen LogP) is 3.74. The number of carbonyl (C=O) groups is 1. The molecule has 1 saturated carbocycles. The second kappa shape index (κ2) is 4.08. The summed E-state index contributed by atoms with van der Waals surface area (Å²) in [7, 11) is 0. The second-order valence-corrected chi connectivity index (χ2v) is 5.79. The van der Waals surface area contributed by atoms with E-state index in [1.54, 1.807) is 0 Å². The van der Waals surface area contributed by atoms with Crippen LogP contribution in [0.15, 0.2) is 18.2 Å². The van der Waals surface area contributed by atoms with Crippen molar-refractivity contribution in [1.29, 1.82) is 0 Å². The predicted molar refractivity (Wildman–Crippen MR) is 66.3 cm³/mol. The minimum Gasteiger partial charge on any atom is -0.486 e. The molecule has 0 spiro atoms. The van der Waals surface area contributed by atoms with Gasteiger partial charge in [-0.25, -0.2) is 4.39 Å². The number of halogens is 1. The van der Waals surface area contributed by atoms with Gasteiger partial charge in [0, 0.05) is 6.07 Å². The first kappa shape index (κ1) is 11.7. The third-order valence-corrected chi connectivity index (χ3v) is 4.08. The van der Waals surface area contributed by atoms with Gasteiger partial charge in [-0.1, -0.05) is 19.3 Å². The van der Waals surface area contributed by atoms with Crippen molar-refractivity contribution in [2.24, 2.45) is 5.92 Å². The Labute approximate surface area is 106 Å². The lowest BCUT2D eigenvalue weighted by Gasteiger charge is -2.39. The molecule has 0 saturated heterocycles. The highest BCUT2D eigenvalue weighted by atomic mass is 19.1. The number of Topliss-reactive ketones (excluding diaryl/α,β-unsaturated/α-hetero) is 1. The maximum absolute atomic E-state index is 13.2. The molecule has 1 heterocycles. The number of ketones is 1. The van der Waals surface area contributed by atoms with Crippen LogP contribution in [0, 0.1) is 11.7 Å². The van der Waals surface area contributed by atoms with E-state index in [4.69, 9.17) is 4.74 Å². The Kier molecular flexibility index (Phi) is 2.65. The summed E-state index contributed by atoms with van der Waals surface area (Å²) in [5, 5.41) is 0. The second-order valence-electron chi connectivity index (χ2n) is 5.79. The number of carbonyl (C=O) groups excluding carboxylic acids is 1. The van der Waals surface area contributed by atoms with E-state index >= 15 is 0 Å². The summed E-state index contributed by atoms with van der Waals surface area (Å²) in [6, 6.07) is 4.16. The first-order valence-electron chi connectivity index (χ1n) is 6.57. The lowest BCUT2D eigenvalue weighted by Crippen LogP contribution is -2.41. The minimum absolute atomic E-state index is 0.0677. The van der Waals surface area contributed by atoms with E-state index in [0.717, 1.165) is 6.42 Å². The van der Waals surface area contributed by atoms with Crippen LogP contribution in [-0.4, -0.2) is 11.4 Å². The van der Waals surface area contributed by atoms with Gasteiger partial charge in [-0.05, 0) is 31.4 Å².